The van der Waals surface area contributed by atoms with Gasteiger partial charge in [0.15, 0.2) is 0 Å². The number of hydrogen-bond acceptors (Lipinski definition) is 3. The van der Waals surface area contributed by atoms with Gasteiger partial charge >= 0.3 is 35.7 Å². The van der Waals surface area contributed by atoms with Gasteiger partial charge < -0.3 is 9.90 Å². The third-order valence-electron chi connectivity index (χ3n) is 5.78. The number of fused-ring (bicyclic) bond motifs is 4. The molecule has 33 heavy (non-hydrogen) atoms. The molecule has 160 valence electrons. The van der Waals surface area contributed by atoms with E-state index in [4.69, 9.17) is 0 Å². The van der Waals surface area contributed by atoms with Crippen LogP contribution in [-0.2, 0) is 19.0 Å². The summed E-state index contributed by atoms with van der Waals surface area (Å²) in [5.41, 5.74) is 3.10. The number of alkyl halides is 3. The summed E-state index contributed by atoms with van der Waals surface area (Å²) in [5, 5.41) is 12.1. The van der Waals surface area contributed by atoms with Crippen molar-refractivity contribution < 1.29 is 57.0 Å². The van der Waals surface area contributed by atoms with Crippen LogP contribution in [0.2, 0.25) is 0 Å². The zero-order valence-electron chi connectivity index (χ0n) is 17.5. The average Bonchev–Trinajstić information content (AvgIpc) is 2.76. The third-order valence-corrected chi connectivity index (χ3v) is 5.78. The van der Waals surface area contributed by atoms with Crippen molar-refractivity contribution in [3.63, 3.8) is 0 Å². The Bertz CT molecular complexity index is 1420. The molecule has 1 aliphatic rings. The summed E-state index contributed by atoms with van der Waals surface area (Å²) in [6, 6.07) is 14.1. The fourth-order valence-corrected chi connectivity index (χ4v) is 4.32. The number of pyridine rings is 1. The number of hydrogen-bond donors (Lipinski definition) is 0. The van der Waals surface area contributed by atoms with Crippen LogP contribution >= 0.6 is 0 Å². The molecule has 3 aromatic carbocycles. The summed E-state index contributed by atoms with van der Waals surface area (Å²) in [7, 11) is 0. The Morgan fingerprint density at radius 2 is 1.70 bits per heavy atom. The Kier molecular flexibility index (Phi) is 6.07. The second-order valence-electron chi connectivity index (χ2n) is 7.71. The minimum absolute atomic E-state index is 0. The van der Waals surface area contributed by atoms with Gasteiger partial charge in [-0.25, -0.2) is 9.37 Å². The first-order valence-corrected chi connectivity index (χ1v) is 9.87. The van der Waals surface area contributed by atoms with Crippen LogP contribution in [-0.4, -0.2) is 11.0 Å². The van der Waals surface area contributed by atoms with Gasteiger partial charge in [0.2, 0.25) is 0 Å². The Hall–Kier alpha value is -2.74. The van der Waals surface area contributed by atoms with Gasteiger partial charge in [0.1, 0.15) is 5.82 Å². The molecule has 0 fully saturated rings. The van der Waals surface area contributed by atoms with Crippen molar-refractivity contribution in [2.24, 2.45) is 0 Å². The van der Waals surface area contributed by atoms with Gasteiger partial charge in [-0.2, -0.15) is 13.2 Å². The molecule has 0 bridgehead atoms. The van der Waals surface area contributed by atoms with Gasteiger partial charge in [-0.15, -0.1) is 0 Å². The largest absolute Gasteiger partial charge is 1.00 e. The maximum atomic E-state index is 13.7. The van der Waals surface area contributed by atoms with Crippen molar-refractivity contribution in [1.82, 2.24) is 4.98 Å². The topological polar surface area (TPSA) is 53.0 Å². The molecule has 0 saturated heterocycles. The Balaban J connectivity index is 0.00000259. The quantitative estimate of drug-likeness (QED) is 0.341. The predicted molar refractivity (Wildman–Crippen MR) is 109 cm³/mol. The monoisotopic (exact) mass is 459 g/mol. The molecule has 1 heterocycles. The Morgan fingerprint density at radius 1 is 0.939 bits per heavy atom. The maximum Gasteiger partial charge on any atom is 1.00 e. The first kappa shape index (κ1) is 23.4. The molecule has 0 saturated carbocycles. The van der Waals surface area contributed by atoms with Crippen LogP contribution in [0.4, 0.5) is 17.6 Å². The molecule has 4 aromatic rings. The summed E-state index contributed by atoms with van der Waals surface area (Å²) in [5.74, 6) is -1.97. The van der Waals surface area contributed by atoms with Gasteiger partial charge in [0.25, 0.3) is 0 Å². The molecule has 3 nitrogen and oxygen atoms in total. The van der Waals surface area contributed by atoms with Crippen molar-refractivity contribution in [3.05, 3.63) is 88.7 Å². The van der Waals surface area contributed by atoms with Crippen LogP contribution in [0.25, 0.3) is 33.3 Å². The molecule has 0 N–H and O–H groups in total. The molecule has 0 atom stereocenters. The van der Waals surface area contributed by atoms with Crippen molar-refractivity contribution in [3.8, 4) is 22.4 Å². The second-order valence-corrected chi connectivity index (χ2v) is 7.71. The molecule has 5 rings (SSSR count). The predicted octanol–water partition coefficient (Wildman–Crippen LogP) is 2.19. The number of benzene rings is 3. The number of nitrogens with zero attached hydrogens (tertiary/aromatic N) is 1. The SMILES string of the molecule is O=C([O-])c1c2c(nc3ccc(F)cc13)-c1ccc(-c3cccc(C(F)(F)F)c3)cc1CC2.[Na+]. The molecule has 0 aliphatic heterocycles. The number of aryl methyl sites for hydroxylation is 1. The average molecular weight is 459 g/mol. The Labute approximate surface area is 208 Å². The standard InChI is InChI=1S/C25H15F4NO2.Na/c26-17-6-9-21-20(12-17)22(24(31)32)19-8-5-15-10-14(4-7-18(15)23(19)30-21)13-2-1-3-16(11-13)25(27,28)29;/h1-4,6-7,9-12H,5,8H2,(H,31,32);/q;+1/p-1. The number of carboxylic acid groups (broad SMARTS) is 1. The van der Waals surface area contributed by atoms with Gasteiger partial charge in [-0.1, -0.05) is 30.3 Å². The van der Waals surface area contributed by atoms with Gasteiger partial charge in [-0.3, -0.25) is 0 Å². The van der Waals surface area contributed by atoms with E-state index in [1.807, 2.05) is 6.07 Å². The van der Waals surface area contributed by atoms with E-state index in [0.717, 1.165) is 23.8 Å². The third kappa shape index (κ3) is 4.16. The molecule has 8 heteroatoms. The van der Waals surface area contributed by atoms with Gasteiger partial charge in [-0.05, 0) is 65.4 Å². The number of carbonyl (C=O) groups excluding carboxylic acids is 1. The maximum absolute atomic E-state index is 13.7. The molecule has 1 aromatic heterocycles. The number of aromatic nitrogens is 1. The zero-order chi connectivity index (χ0) is 22.6. The van der Waals surface area contributed by atoms with Crippen LogP contribution in [0.3, 0.4) is 0 Å². The molecule has 0 radical (unpaired) electrons. The molecular formula is C25H14F4NNaO2. The van der Waals surface area contributed by atoms with Crippen LogP contribution in [0.15, 0.2) is 60.7 Å². The van der Waals surface area contributed by atoms with Crippen LogP contribution < -0.4 is 34.7 Å². The minimum atomic E-state index is -4.44. The number of carbonyl (C=O) groups is 1. The second kappa shape index (κ2) is 8.56. The molecule has 0 unspecified atom stereocenters. The summed E-state index contributed by atoms with van der Waals surface area (Å²) < 4.78 is 53.0. The van der Waals surface area contributed by atoms with Crippen molar-refractivity contribution in [2.75, 3.05) is 0 Å². The fourth-order valence-electron chi connectivity index (χ4n) is 4.32. The number of rotatable bonds is 2. The number of halogens is 4. The van der Waals surface area contributed by atoms with E-state index in [1.165, 1.54) is 18.2 Å². The molecular weight excluding hydrogens is 445 g/mol. The number of aromatic carboxylic acids is 1. The first-order chi connectivity index (χ1) is 15.2. The van der Waals surface area contributed by atoms with Crippen molar-refractivity contribution in [2.45, 2.75) is 19.0 Å². The van der Waals surface area contributed by atoms with E-state index < -0.39 is 23.5 Å². The fraction of sp³-hybridized carbons (Fsp3) is 0.120. The van der Waals surface area contributed by atoms with E-state index in [-0.39, 0.29) is 40.5 Å². The smallest absolute Gasteiger partial charge is 0.545 e. The van der Waals surface area contributed by atoms with Crippen molar-refractivity contribution in [1.29, 1.82) is 0 Å². The van der Waals surface area contributed by atoms with Gasteiger partial charge in [0.05, 0.1) is 22.7 Å². The molecule has 0 spiro atoms. The van der Waals surface area contributed by atoms with Crippen LogP contribution in [0.1, 0.15) is 27.0 Å². The molecule has 0 amide bonds. The van der Waals surface area contributed by atoms with Crippen LogP contribution in [0.5, 0.6) is 0 Å². The van der Waals surface area contributed by atoms with E-state index in [1.54, 1.807) is 18.2 Å². The first-order valence-electron chi connectivity index (χ1n) is 9.87. The molecule has 1 aliphatic carbocycles. The van der Waals surface area contributed by atoms with Gasteiger partial charge in [0, 0.05) is 16.5 Å². The van der Waals surface area contributed by atoms with E-state index in [9.17, 15) is 27.5 Å². The van der Waals surface area contributed by atoms with Crippen LogP contribution in [0, 0.1) is 5.82 Å². The summed E-state index contributed by atoms with van der Waals surface area (Å²) in [6.45, 7) is 0. The summed E-state index contributed by atoms with van der Waals surface area (Å²) in [6.07, 6.45) is -3.62. The van der Waals surface area contributed by atoms with Crippen molar-refractivity contribution >= 4 is 16.9 Å². The summed E-state index contributed by atoms with van der Waals surface area (Å²) in [4.78, 5) is 16.5. The van der Waals surface area contributed by atoms with E-state index in [0.29, 0.717) is 46.3 Å². The zero-order valence-corrected chi connectivity index (χ0v) is 19.5. The normalized spacial score (nSPS) is 12.6. The Morgan fingerprint density at radius 3 is 2.42 bits per heavy atom. The van der Waals surface area contributed by atoms with E-state index in [2.05, 4.69) is 4.98 Å². The van der Waals surface area contributed by atoms with E-state index >= 15 is 0 Å². The summed E-state index contributed by atoms with van der Waals surface area (Å²) >= 11 is 0. The minimum Gasteiger partial charge on any atom is -0.545 e. The number of carboxylic acids is 1.